The molecule has 2 aromatic rings. The first kappa shape index (κ1) is 14.8. The van der Waals surface area contributed by atoms with E-state index in [1.807, 2.05) is 6.07 Å². The number of pyridine rings is 1. The van der Waals surface area contributed by atoms with Crippen LogP contribution in [0.5, 0.6) is 5.75 Å². The van der Waals surface area contributed by atoms with Crippen molar-refractivity contribution in [3.05, 3.63) is 45.9 Å². The van der Waals surface area contributed by atoms with Crippen LogP contribution < -0.4 is 15.8 Å². The molecule has 0 amide bonds. The number of nitrogens with zero attached hydrogens (tertiary/aromatic N) is 1. The highest BCUT2D eigenvalue weighted by Gasteiger charge is 2.18. The summed E-state index contributed by atoms with van der Waals surface area (Å²) >= 11 is 0. The van der Waals surface area contributed by atoms with E-state index in [4.69, 9.17) is 4.74 Å². The molecule has 21 heavy (non-hydrogen) atoms. The zero-order chi connectivity index (χ0) is 15.6. The highest BCUT2D eigenvalue weighted by Crippen LogP contribution is 2.30. The summed E-state index contributed by atoms with van der Waals surface area (Å²) in [6.07, 6.45) is 0. The Hall–Kier alpha value is -2.56. The molecule has 6 nitrogen and oxygen atoms in total. The molecule has 2 rings (SSSR count). The van der Waals surface area contributed by atoms with Gasteiger partial charge in [0.25, 0.3) is 5.56 Å². The molecule has 0 radical (unpaired) electrons. The second kappa shape index (κ2) is 5.83. The quantitative estimate of drug-likeness (QED) is 0.683. The fraction of sp³-hybridized carbons (Fsp3) is 0.143. The minimum absolute atomic E-state index is 0.0523. The second-order valence-corrected chi connectivity index (χ2v) is 4.52. The van der Waals surface area contributed by atoms with Crippen molar-refractivity contribution in [3.8, 4) is 22.9 Å². The number of hydrogen-bond acceptors (Lipinski definition) is 5. The van der Waals surface area contributed by atoms with Crippen molar-refractivity contribution in [1.29, 1.82) is 5.26 Å². The third-order valence-corrected chi connectivity index (χ3v) is 3.09. The van der Waals surface area contributed by atoms with Crippen molar-refractivity contribution in [2.45, 2.75) is 6.92 Å². The number of nitriles is 1. The molecule has 0 spiro atoms. The maximum atomic E-state index is 11.9. The van der Waals surface area contributed by atoms with Gasteiger partial charge < -0.3 is 19.8 Å². The van der Waals surface area contributed by atoms with Gasteiger partial charge in [-0.3, -0.25) is 4.79 Å². The number of H-pyrrole nitrogens is 1. The number of aromatic nitrogens is 1. The molecule has 0 saturated carbocycles. The maximum absolute atomic E-state index is 11.9. The van der Waals surface area contributed by atoms with Crippen molar-refractivity contribution in [2.24, 2.45) is 0 Å². The van der Waals surface area contributed by atoms with Crippen LogP contribution in [0, 0.1) is 18.3 Å². The number of aryl methyl sites for hydroxylation is 1. The lowest BCUT2D eigenvalue weighted by Crippen LogP contribution is -2.29. The first-order valence-electron chi connectivity index (χ1n) is 6.16. The Labute approximate surface area is 121 Å². The molecule has 0 bridgehead atoms. The minimum Gasteiger partial charge on any atom is -0.496 e. The van der Waals surface area contributed by atoms with E-state index in [-0.39, 0.29) is 11.0 Å². The summed E-state index contributed by atoms with van der Waals surface area (Å²) in [6.45, 7) is 1.70. The molecule has 1 aromatic carbocycles. The monoisotopic (exact) mass is 284 g/mol. The van der Waals surface area contributed by atoms with Crippen molar-refractivity contribution < 1.29 is 14.8 Å². The second-order valence-electron chi connectivity index (χ2n) is 4.52. The van der Waals surface area contributed by atoms with E-state index in [0.29, 0.717) is 22.6 Å². The van der Waals surface area contributed by atoms with Gasteiger partial charge in [0.15, 0.2) is 0 Å². The van der Waals surface area contributed by atoms with Crippen molar-refractivity contribution >= 4 is 12.6 Å². The summed E-state index contributed by atoms with van der Waals surface area (Å²) in [5, 5.41) is 27.7. The number of rotatable bonds is 3. The van der Waals surface area contributed by atoms with Crippen LogP contribution >= 0.6 is 0 Å². The molecular formula is C14H13BN2O4. The summed E-state index contributed by atoms with van der Waals surface area (Å²) < 4.78 is 5.23. The van der Waals surface area contributed by atoms with Crippen LogP contribution in [-0.4, -0.2) is 29.3 Å². The summed E-state index contributed by atoms with van der Waals surface area (Å²) in [4.78, 5) is 14.4. The van der Waals surface area contributed by atoms with Gasteiger partial charge in [-0.1, -0.05) is 12.1 Å². The molecule has 0 aliphatic heterocycles. The summed E-state index contributed by atoms with van der Waals surface area (Å²) in [6, 6.07) is 8.05. The molecule has 0 fully saturated rings. The molecule has 1 aromatic heterocycles. The molecule has 0 saturated heterocycles. The van der Waals surface area contributed by atoms with E-state index in [9.17, 15) is 20.1 Å². The van der Waals surface area contributed by atoms with Crippen LogP contribution in [0.1, 0.15) is 11.3 Å². The van der Waals surface area contributed by atoms with Gasteiger partial charge in [-0.05, 0) is 24.5 Å². The number of aromatic amines is 1. The van der Waals surface area contributed by atoms with Crippen LogP contribution in [-0.2, 0) is 0 Å². The smallest absolute Gasteiger partial charge is 0.488 e. The Morgan fingerprint density at radius 2 is 2.00 bits per heavy atom. The van der Waals surface area contributed by atoms with E-state index >= 15 is 0 Å². The van der Waals surface area contributed by atoms with Crippen molar-refractivity contribution in [1.82, 2.24) is 4.98 Å². The molecule has 0 atom stereocenters. The molecule has 106 valence electrons. The summed E-state index contributed by atoms with van der Waals surface area (Å²) in [5.74, 6) is 0.431. The Bertz CT molecular complexity index is 778. The van der Waals surface area contributed by atoms with Gasteiger partial charge in [0.1, 0.15) is 17.4 Å². The van der Waals surface area contributed by atoms with Crippen molar-refractivity contribution in [2.75, 3.05) is 7.11 Å². The fourth-order valence-corrected chi connectivity index (χ4v) is 2.11. The maximum Gasteiger partial charge on any atom is 0.488 e. The zero-order valence-corrected chi connectivity index (χ0v) is 11.5. The van der Waals surface area contributed by atoms with Gasteiger partial charge in [0, 0.05) is 16.8 Å². The van der Waals surface area contributed by atoms with Gasteiger partial charge in [-0.25, -0.2) is 0 Å². The predicted octanol–water partition coefficient (Wildman–Crippen LogP) is -0.0896. The molecule has 0 aliphatic rings. The molecule has 3 N–H and O–H groups in total. The average molecular weight is 284 g/mol. The number of benzene rings is 1. The highest BCUT2D eigenvalue weighted by atomic mass is 16.5. The largest absolute Gasteiger partial charge is 0.496 e. The van der Waals surface area contributed by atoms with E-state index in [1.54, 1.807) is 19.1 Å². The lowest BCUT2D eigenvalue weighted by molar-refractivity contribution is 0.415. The summed E-state index contributed by atoms with van der Waals surface area (Å²) in [7, 11) is -0.191. The highest BCUT2D eigenvalue weighted by molar-refractivity contribution is 6.58. The van der Waals surface area contributed by atoms with Crippen LogP contribution in [0.3, 0.4) is 0 Å². The minimum atomic E-state index is -1.65. The van der Waals surface area contributed by atoms with Gasteiger partial charge in [0.05, 0.1) is 7.11 Å². The normalized spacial score (nSPS) is 10.0. The zero-order valence-electron chi connectivity index (χ0n) is 11.5. The number of nitrogens with one attached hydrogen (secondary N) is 1. The van der Waals surface area contributed by atoms with E-state index in [0.717, 1.165) is 0 Å². The fourth-order valence-electron chi connectivity index (χ4n) is 2.11. The third kappa shape index (κ3) is 2.82. The van der Waals surface area contributed by atoms with Crippen LogP contribution in [0.4, 0.5) is 0 Å². The van der Waals surface area contributed by atoms with Crippen LogP contribution in [0.2, 0.25) is 0 Å². The van der Waals surface area contributed by atoms with E-state index < -0.39 is 12.7 Å². The lowest BCUT2D eigenvalue weighted by atomic mass is 9.78. The third-order valence-electron chi connectivity index (χ3n) is 3.09. The van der Waals surface area contributed by atoms with E-state index in [2.05, 4.69) is 4.98 Å². The van der Waals surface area contributed by atoms with Gasteiger partial charge >= 0.3 is 7.12 Å². The number of hydrogen-bond donors (Lipinski definition) is 3. The van der Waals surface area contributed by atoms with Gasteiger partial charge in [-0.2, -0.15) is 5.26 Å². The van der Waals surface area contributed by atoms with E-state index in [1.165, 1.54) is 19.2 Å². The Morgan fingerprint density at radius 3 is 2.57 bits per heavy atom. The Morgan fingerprint density at radius 1 is 1.29 bits per heavy atom. The number of methoxy groups -OCH3 is 1. The SMILES string of the molecule is COc1ccc(B(O)O)cc1-c1cc(C)[nH]c(=O)c1C#N. The first-order chi connectivity index (χ1) is 9.97. The predicted molar refractivity (Wildman–Crippen MR) is 78.3 cm³/mol. The molecule has 7 heteroatoms. The first-order valence-corrected chi connectivity index (χ1v) is 6.16. The Kier molecular flexibility index (Phi) is 4.12. The molecule has 0 unspecified atom stereocenters. The van der Waals surface area contributed by atoms with Crippen LogP contribution in [0.25, 0.3) is 11.1 Å². The lowest BCUT2D eigenvalue weighted by Gasteiger charge is -2.12. The topological polar surface area (TPSA) is 106 Å². The number of ether oxygens (including phenoxy) is 1. The van der Waals surface area contributed by atoms with Gasteiger partial charge in [0.2, 0.25) is 0 Å². The Balaban J connectivity index is 2.80. The molecular weight excluding hydrogens is 271 g/mol. The molecule has 0 aliphatic carbocycles. The molecule has 1 heterocycles. The van der Waals surface area contributed by atoms with Gasteiger partial charge in [-0.15, -0.1) is 0 Å². The van der Waals surface area contributed by atoms with Crippen molar-refractivity contribution in [3.63, 3.8) is 0 Å². The summed E-state index contributed by atoms with van der Waals surface area (Å²) in [5.41, 5.74) is 1.12. The average Bonchev–Trinajstić information content (AvgIpc) is 2.45. The van der Waals surface area contributed by atoms with Crippen LogP contribution in [0.15, 0.2) is 29.1 Å². The standard InChI is InChI=1S/C14H13BN2O4/c1-8-5-10(12(7-16)14(18)17-8)11-6-9(15(19)20)3-4-13(11)21-2/h3-6,19-20H,1-2H3,(H,17,18).